The van der Waals surface area contributed by atoms with E-state index >= 15 is 0 Å². The highest BCUT2D eigenvalue weighted by atomic mass is 15.3. The molecule has 0 saturated carbocycles. The number of nitrogens with two attached hydrogens (primary N) is 1. The summed E-state index contributed by atoms with van der Waals surface area (Å²) in [5, 5.41) is 7.97. The van der Waals surface area contributed by atoms with Gasteiger partial charge in [0.15, 0.2) is 11.5 Å². The number of hydrogen-bond donors (Lipinski definition) is 1. The van der Waals surface area contributed by atoms with E-state index in [1.54, 1.807) is 12.4 Å². The van der Waals surface area contributed by atoms with Crippen LogP contribution in [0.25, 0.3) is 5.65 Å². The van der Waals surface area contributed by atoms with E-state index in [-0.39, 0.29) is 6.04 Å². The summed E-state index contributed by atoms with van der Waals surface area (Å²) in [7, 11) is 0. The average Bonchev–Trinajstić information content (AvgIpc) is 2.60. The average molecular weight is 177 g/mol. The lowest BCUT2D eigenvalue weighted by atomic mass is 10.2. The van der Waals surface area contributed by atoms with Crippen molar-refractivity contribution in [1.29, 1.82) is 0 Å². The first kappa shape index (κ1) is 8.12. The molecule has 2 aromatic heterocycles. The molecule has 0 aliphatic carbocycles. The molecule has 1 atom stereocenters. The maximum Gasteiger partial charge on any atom is 0.179 e. The van der Waals surface area contributed by atoms with E-state index in [1.165, 1.54) is 0 Å². The monoisotopic (exact) mass is 177 g/mol. The second kappa shape index (κ2) is 3.10. The Balaban J connectivity index is 2.57. The number of hydrogen-bond acceptors (Lipinski definition) is 4. The number of fused-ring (bicyclic) bond motifs is 1. The Kier molecular flexibility index (Phi) is 1.94. The van der Waals surface area contributed by atoms with Crippen LogP contribution in [0.3, 0.4) is 0 Å². The third-order valence-corrected chi connectivity index (χ3v) is 2.01. The minimum atomic E-state index is -0.0580. The zero-order valence-corrected chi connectivity index (χ0v) is 7.38. The van der Waals surface area contributed by atoms with Gasteiger partial charge in [-0.2, -0.15) is 0 Å². The summed E-state index contributed by atoms with van der Waals surface area (Å²) < 4.78 is 1.86. The Morgan fingerprint density at radius 1 is 1.54 bits per heavy atom. The van der Waals surface area contributed by atoms with E-state index in [0.29, 0.717) is 0 Å². The van der Waals surface area contributed by atoms with E-state index in [2.05, 4.69) is 15.2 Å². The number of aromatic nitrogens is 4. The van der Waals surface area contributed by atoms with Crippen LogP contribution >= 0.6 is 0 Å². The van der Waals surface area contributed by atoms with Gasteiger partial charge in [0.05, 0.1) is 12.2 Å². The minimum absolute atomic E-state index is 0.0580. The van der Waals surface area contributed by atoms with Gasteiger partial charge in [0.25, 0.3) is 0 Å². The zero-order valence-electron chi connectivity index (χ0n) is 7.38. The normalized spacial score (nSPS) is 13.4. The summed E-state index contributed by atoms with van der Waals surface area (Å²) in [6.45, 7) is 2.02. The summed E-state index contributed by atoms with van der Waals surface area (Å²) in [4.78, 5) is 3.95. The van der Waals surface area contributed by atoms with E-state index in [0.717, 1.165) is 17.9 Å². The van der Waals surface area contributed by atoms with Crippen molar-refractivity contribution in [3.63, 3.8) is 0 Å². The molecule has 0 aliphatic heterocycles. The Morgan fingerprint density at radius 3 is 3.15 bits per heavy atom. The lowest BCUT2D eigenvalue weighted by molar-refractivity contribution is 0.640. The highest BCUT2D eigenvalue weighted by molar-refractivity contribution is 5.34. The van der Waals surface area contributed by atoms with Crippen molar-refractivity contribution in [3.05, 3.63) is 24.4 Å². The van der Waals surface area contributed by atoms with Crippen LogP contribution in [-0.4, -0.2) is 19.6 Å². The third kappa shape index (κ3) is 1.27. The molecule has 0 bridgehead atoms. The van der Waals surface area contributed by atoms with E-state index in [9.17, 15) is 0 Å². The van der Waals surface area contributed by atoms with Crippen LogP contribution in [0.2, 0.25) is 0 Å². The second-order valence-corrected chi connectivity index (χ2v) is 2.88. The third-order valence-electron chi connectivity index (χ3n) is 2.01. The molecule has 5 nitrogen and oxygen atoms in total. The first-order valence-electron chi connectivity index (χ1n) is 4.23. The van der Waals surface area contributed by atoms with Gasteiger partial charge in [0.1, 0.15) is 0 Å². The Morgan fingerprint density at radius 2 is 2.38 bits per heavy atom. The maximum atomic E-state index is 5.86. The van der Waals surface area contributed by atoms with Gasteiger partial charge in [0.2, 0.25) is 0 Å². The Labute approximate surface area is 75.6 Å². The highest BCUT2D eigenvalue weighted by Gasteiger charge is 2.10. The fourth-order valence-electron chi connectivity index (χ4n) is 1.21. The smallest absolute Gasteiger partial charge is 0.179 e. The molecule has 0 radical (unpaired) electrons. The van der Waals surface area contributed by atoms with Crippen LogP contribution in [0.1, 0.15) is 25.2 Å². The molecule has 68 valence electrons. The van der Waals surface area contributed by atoms with Crippen LogP contribution in [0.5, 0.6) is 0 Å². The topological polar surface area (TPSA) is 69.1 Å². The fraction of sp³-hybridized carbons (Fsp3) is 0.375. The van der Waals surface area contributed by atoms with Crippen molar-refractivity contribution in [2.24, 2.45) is 5.73 Å². The van der Waals surface area contributed by atoms with Gasteiger partial charge in [-0.3, -0.25) is 9.38 Å². The number of nitrogens with zero attached hydrogens (tertiary/aromatic N) is 4. The van der Waals surface area contributed by atoms with Crippen molar-refractivity contribution < 1.29 is 0 Å². The predicted octanol–water partition coefficient (Wildman–Crippen LogP) is 0.534. The van der Waals surface area contributed by atoms with Crippen molar-refractivity contribution in [3.8, 4) is 0 Å². The summed E-state index contributed by atoms with van der Waals surface area (Å²) in [5.41, 5.74) is 6.60. The highest BCUT2D eigenvalue weighted by Crippen LogP contribution is 2.11. The van der Waals surface area contributed by atoms with Crippen LogP contribution in [0.4, 0.5) is 0 Å². The van der Waals surface area contributed by atoms with Gasteiger partial charge in [0, 0.05) is 12.4 Å². The molecular formula is C8H11N5. The van der Waals surface area contributed by atoms with Crippen molar-refractivity contribution in [1.82, 2.24) is 19.6 Å². The molecule has 0 aromatic carbocycles. The van der Waals surface area contributed by atoms with Gasteiger partial charge >= 0.3 is 0 Å². The molecule has 0 fully saturated rings. The quantitative estimate of drug-likeness (QED) is 0.726. The second-order valence-electron chi connectivity index (χ2n) is 2.88. The summed E-state index contributed by atoms with van der Waals surface area (Å²) in [6, 6.07) is -0.0580. The molecule has 13 heavy (non-hydrogen) atoms. The largest absolute Gasteiger partial charge is 0.321 e. The molecule has 0 saturated heterocycles. The van der Waals surface area contributed by atoms with Crippen LogP contribution in [0, 0.1) is 0 Å². The molecule has 2 heterocycles. The van der Waals surface area contributed by atoms with Crippen LogP contribution in [0.15, 0.2) is 18.6 Å². The van der Waals surface area contributed by atoms with Gasteiger partial charge < -0.3 is 5.73 Å². The van der Waals surface area contributed by atoms with Crippen LogP contribution < -0.4 is 5.73 Å². The summed E-state index contributed by atoms with van der Waals surface area (Å²) in [5.74, 6) is 0.792. The Hall–Kier alpha value is -1.49. The molecule has 2 aromatic rings. The Bertz CT molecular complexity index is 408. The lowest BCUT2D eigenvalue weighted by Gasteiger charge is -2.04. The summed E-state index contributed by atoms with van der Waals surface area (Å²) >= 11 is 0. The van der Waals surface area contributed by atoms with Gasteiger partial charge in [-0.25, -0.2) is 0 Å². The zero-order chi connectivity index (χ0) is 9.26. The first-order valence-corrected chi connectivity index (χ1v) is 4.23. The predicted molar refractivity (Wildman–Crippen MR) is 48.0 cm³/mol. The van der Waals surface area contributed by atoms with Gasteiger partial charge in [-0.05, 0) is 6.42 Å². The lowest BCUT2D eigenvalue weighted by Crippen LogP contribution is -2.12. The molecule has 1 unspecified atom stereocenters. The van der Waals surface area contributed by atoms with Gasteiger partial charge in [-0.15, -0.1) is 10.2 Å². The SMILES string of the molecule is CCC(N)c1nnc2cnccn12. The standard InChI is InChI=1S/C8H11N5/c1-2-6(9)8-12-11-7-5-10-3-4-13(7)8/h3-6H,2,9H2,1H3. The molecule has 5 heteroatoms. The first-order chi connectivity index (χ1) is 6.33. The van der Waals surface area contributed by atoms with Crippen molar-refractivity contribution in [2.45, 2.75) is 19.4 Å². The van der Waals surface area contributed by atoms with Crippen molar-refractivity contribution >= 4 is 5.65 Å². The fourth-order valence-corrected chi connectivity index (χ4v) is 1.21. The van der Waals surface area contributed by atoms with Crippen LogP contribution in [-0.2, 0) is 0 Å². The van der Waals surface area contributed by atoms with E-state index in [4.69, 9.17) is 5.73 Å². The summed E-state index contributed by atoms with van der Waals surface area (Å²) in [6.07, 6.45) is 6.03. The minimum Gasteiger partial charge on any atom is -0.321 e. The van der Waals surface area contributed by atoms with Crippen molar-refractivity contribution in [2.75, 3.05) is 0 Å². The molecule has 0 spiro atoms. The molecule has 2 rings (SSSR count). The molecule has 2 N–H and O–H groups in total. The van der Waals surface area contributed by atoms with E-state index in [1.807, 2.05) is 17.5 Å². The van der Waals surface area contributed by atoms with E-state index < -0.39 is 0 Å². The molecule has 0 amide bonds. The maximum absolute atomic E-state index is 5.86. The molecule has 0 aliphatic rings. The number of rotatable bonds is 2. The molecular weight excluding hydrogens is 166 g/mol. The van der Waals surface area contributed by atoms with Gasteiger partial charge in [-0.1, -0.05) is 6.92 Å².